The van der Waals surface area contributed by atoms with Crippen molar-refractivity contribution >= 4 is 34.5 Å². The van der Waals surface area contributed by atoms with Crippen molar-refractivity contribution in [3.05, 3.63) is 55.5 Å². The first-order valence-corrected chi connectivity index (χ1v) is 7.33. The molecule has 7 heteroatoms. The highest BCUT2D eigenvalue weighted by Gasteiger charge is 2.23. The molecule has 0 saturated carbocycles. The van der Waals surface area contributed by atoms with Crippen LogP contribution >= 0.6 is 34.5 Å². The summed E-state index contributed by atoms with van der Waals surface area (Å²) in [4.78, 5) is 0. The zero-order valence-corrected chi connectivity index (χ0v) is 12.6. The van der Waals surface area contributed by atoms with Crippen LogP contribution in [0, 0.1) is 17.5 Å². The van der Waals surface area contributed by atoms with Gasteiger partial charge in [-0.15, -0.1) is 11.3 Å². The second kappa shape index (κ2) is 6.35. The molecule has 1 aromatic heterocycles. The predicted molar refractivity (Wildman–Crippen MR) is 76.2 cm³/mol. The fraction of sp³-hybridized carbons (Fsp3) is 0.231. The van der Waals surface area contributed by atoms with Crippen molar-refractivity contribution in [2.75, 3.05) is 6.54 Å². The van der Waals surface area contributed by atoms with E-state index in [0.717, 1.165) is 17.4 Å². The van der Waals surface area contributed by atoms with Gasteiger partial charge in [-0.2, -0.15) is 0 Å². The summed E-state index contributed by atoms with van der Waals surface area (Å²) in [5, 5.41) is 2.99. The lowest BCUT2D eigenvalue weighted by atomic mass is 10.00. The van der Waals surface area contributed by atoms with E-state index in [1.807, 2.05) is 6.92 Å². The van der Waals surface area contributed by atoms with E-state index in [9.17, 15) is 13.2 Å². The van der Waals surface area contributed by atoms with Crippen LogP contribution < -0.4 is 5.32 Å². The van der Waals surface area contributed by atoms with E-state index in [2.05, 4.69) is 5.32 Å². The van der Waals surface area contributed by atoms with Gasteiger partial charge < -0.3 is 5.32 Å². The Morgan fingerprint density at radius 2 is 1.70 bits per heavy atom. The third kappa shape index (κ3) is 3.11. The molecule has 0 radical (unpaired) electrons. The summed E-state index contributed by atoms with van der Waals surface area (Å²) in [6.07, 6.45) is 0. The SMILES string of the molecule is CCNC(c1cc(F)c(F)cc1F)c1cc(Cl)sc1Cl. The van der Waals surface area contributed by atoms with Crippen molar-refractivity contribution in [1.82, 2.24) is 5.32 Å². The second-order valence-corrected chi connectivity index (χ2v) is 6.34. The van der Waals surface area contributed by atoms with Crippen LogP contribution in [0.2, 0.25) is 8.67 Å². The van der Waals surface area contributed by atoms with Gasteiger partial charge in [-0.1, -0.05) is 30.1 Å². The van der Waals surface area contributed by atoms with Crippen molar-refractivity contribution in [1.29, 1.82) is 0 Å². The van der Waals surface area contributed by atoms with Crippen LogP contribution in [0.25, 0.3) is 0 Å². The van der Waals surface area contributed by atoms with E-state index in [1.54, 1.807) is 6.07 Å². The zero-order valence-electron chi connectivity index (χ0n) is 10.3. The van der Waals surface area contributed by atoms with Gasteiger partial charge in [0.25, 0.3) is 0 Å². The summed E-state index contributed by atoms with van der Waals surface area (Å²) in [5.74, 6) is -3.18. The molecule has 1 atom stereocenters. The molecule has 0 aliphatic rings. The number of halogens is 5. The number of benzene rings is 1. The average Bonchev–Trinajstić information content (AvgIpc) is 2.70. The van der Waals surface area contributed by atoms with Crippen LogP contribution in [0.15, 0.2) is 18.2 Å². The lowest BCUT2D eigenvalue weighted by Gasteiger charge is -2.19. The number of hydrogen-bond donors (Lipinski definition) is 1. The van der Waals surface area contributed by atoms with Crippen molar-refractivity contribution in [3.63, 3.8) is 0 Å². The molecule has 0 aliphatic heterocycles. The van der Waals surface area contributed by atoms with Gasteiger partial charge in [0.05, 0.1) is 14.7 Å². The monoisotopic (exact) mass is 339 g/mol. The average molecular weight is 340 g/mol. The van der Waals surface area contributed by atoms with E-state index in [-0.39, 0.29) is 5.56 Å². The Hall–Kier alpha value is -0.750. The third-order valence-electron chi connectivity index (χ3n) is 2.75. The van der Waals surface area contributed by atoms with Crippen molar-refractivity contribution < 1.29 is 13.2 Å². The van der Waals surface area contributed by atoms with Crippen LogP contribution in [-0.4, -0.2) is 6.54 Å². The van der Waals surface area contributed by atoms with Crippen LogP contribution in [0.3, 0.4) is 0 Å². The van der Waals surface area contributed by atoms with E-state index in [4.69, 9.17) is 23.2 Å². The Balaban J connectivity index is 2.54. The normalized spacial score (nSPS) is 12.7. The standard InChI is InChI=1S/C13H10Cl2F3NS/c1-2-19-12(7-4-11(14)20-13(7)15)6-3-9(17)10(18)5-8(6)16/h3-5,12,19H,2H2,1H3. The first-order valence-electron chi connectivity index (χ1n) is 5.76. The van der Waals surface area contributed by atoms with Crippen molar-refractivity contribution in [2.24, 2.45) is 0 Å². The van der Waals surface area contributed by atoms with Crippen LogP contribution in [0.4, 0.5) is 13.2 Å². The van der Waals surface area contributed by atoms with Gasteiger partial charge in [-0.05, 0) is 18.7 Å². The lowest BCUT2D eigenvalue weighted by molar-refractivity contribution is 0.481. The van der Waals surface area contributed by atoms with E-state index < -0.39 is 23.5 Å². The first kappa shape index (κ1) is 15.6. The molecule has 0 amide bonds. The number of rotatable bonds is 4. The van der Waals surface area contributed by atoms with Gasteiger partial charge in [0.15, 0.2) is 11.6 Å². The van der Waals surface area contributed by atoms with Gasteiger partial charge in [-0.25, -0.2) is 13.2 Å². The maximum absolute atomic E-state index is 13.9. The Kier molecular flexibility index (Phi) is 4.96. The van der Waals surface area contributed by atoms with E-state index in [1.165, 1.54) is 0 Å². The highest BCUT2D eigenvalue weighted by atomic mass is 35.5. The molecule has 2 rings (SSSR count). The molecule has 1 aromatic carbocycles. The van der Waals surface area contributed by atoms with Crippen LogP contribution in [0.1, 0.15) is 24.1 Å². The Bertz CT molecular complexity index is 630. The number of nitrogens with one attached hydrogen (secondary N) is 1. The quantitative estimate of drug-likeness (QED) is 0.757. The molecular weight excluding hydrogens is 330 g/mol. The minimum Gasteiger partial charge on any atom is -0.306 e. The summed E-state index contributed by atoms with van der Waals surface area (Å²) in [6, 6.07) is 2.26. The Morgan fingerprint density at radius 1 is 1.05 bits per heavy atom. The topological polar surface area (TPSA) is 12.0 Å². The summed E-state index contributed by atoms with van der Waals surface area (Å²) in [5.41, 5.74) is 0.524. The number of hydrogen-bond acceptors (Lipinski definition) is 2. The minimum absolute atomic E-state index is 0.0119. The van der Waals surface area contributed by atoms with Gasteiger partial charge >= 0.3 is 0 Å². The van der Waals surface area contributed by atoms with Gasteiger partial charge in [0.2, 0.25) is 0 Å². The molecule has 0 fully saturated rings. The molecule has 1 nitrogen and oxygen atoms in total. The van der Waals surface area contributed by atoms with Crippen molar-refractivity contribution in [2.45, 2.75) is 13.0 Å². The van der Waals surface area contributed by atoms with Crippen LogP contribution in [-0.2, 0) is 0 Å². The fourth-order valence-electron chi connectivity index (χ4n) is 1.90. The molecule has 0 aliphatic carbocycles. The van der Waals surface area contributed by atoms with E-state index in [0.29, 0.717) is 26.8 Å². The molecule has 1 heterocycles. The van der Waals surface area contributed by atoms with Crippen LogP contribution in [0.5, 0.6) is 0 Å². The molecule has 0 spiro atoms. The molecule has 2 aromatic rings. The van der Waals surface area contributed by atoms with E-state index >= 15 is 0 Å². The minimum atomic E-state index is -1.23. The molecule has 108 valence electrons. The molecular formula is C13H10Cl2F3NS. The summed E-state index contributed by atoms with van der Waals surface area (Å²) in [6.45, 7) is 2.31. The molecule has 1 unspecified atom stereocenters. The Morgan fingerprint density at radius 3 is 2.25 bits per heavy atom. The predicted octanol–water partition coefficient (Wildman–Crippen LogP) is 5.17. The molecule has 20 heavy (non-hydrogen) atoms. The zero-order chi connectivity index (χ0) is 14.9. The highest BCUT2D eigenvalue weighted by Crippen LogP contribution is 2.38. The highest BCUT2D eigenvalue weighted by molar-refractivity contribution is 7.20. The second-order valence-electron chi connectivity index (χ2n) is 4.06. The molecule has 0 bridgehead atoms. The molecule has 0 saturated heterocycles. The summed E-state index contributed by atoms with van der Waals surface area (Å²) < 4.78 is 41.1. The lowest BCUT2D eigenvalue weighted by Crippen LogP contribution is -2.23. The van der Waals surface area contributed by atoms with Gasteiger partial charge in [-0.3, -0.25) is 0 Å². The number of thiophene rings is 1. The summed E-state index contributed by atoms with van der Waals surface area (Å²) >= 11 is 13.1. The smallest absolute Gasteiger partial charge is 0.161 e. The first-order chi connectivity index (χ1) is 9.43. The maximum Gasteiger partial charge on any atom is 0.161 e. The third-order valence-corrected chi connectivity index (χ3v) is 4.27. The molecule has 1 N–H and O–H groups in total. The van der Waals surface area contributed by atoms with Gasteiger partial charge in [0, 0.05) is 17.2 Å². The maximum atomic E-state index is 13.9. The van der Waals surface area contributed by atoms with Crippen molar-refractivity contribution in [3.8, 4) is 0 Å². The largest absolute Gasteiger partial charge is 0.306 e. The van der Waals surface area contributed by atoms with Gasteiger partial charge in [0.1, 0.15) is 5.82 Å². The Labute approximate surface area is 128 Å². The summed E-state index contributed by atoms with van der Waals surface area (Å²) in [7, 11) is 0. The fourth-order valence-corrected chi connectivity index (χ4v) is 3.43.